The highest BCUT2D eigenvalue weighted by Crippen LogP contribution is 2.65. The van der Waals surface area contributed by atoms with E-state index in [1.54, 1.807) is 0 Å². The SMILES string of the molecule is CC(CCC(=O)OCCC(F)(F)C(F)(F)S(=O)(=O)O)C1CCCC2C3C(=O)CC4CC(=O)CCC4(C)C3CC(=O)C12C. The molecule has 8 atom stereocenters. The number of Topliss-reactive ketones (excluding diaryl/α,β-unsaturated/α-hetero) is 3. The average Bonchev–Trinajstić information content (AvgIpc) is 2.88. The standard InChI is InChI=1S/C29H40F4O8S/c1-16(7-8-24(37)41-12-11-28(30,31)29(32,33)42(38,39)40)19-5-4-6-20-25-21(15-23(36)27(19,20)3)26(2)10-9-18(34)13-17(26)14-22(25)35/h16-17,19-21,25H,4-15H2,1-3H3,(H,38,39,40). The number of carbonyl (C=O) groups excluding carboxylic acids is 4. The van der Waals surface area contributed by atoms with E-state index >= 15 is 0 Å². The molecule has 4 aliphatic carbocycles. The number of hydrogen-bond donors (Lipinski definition) is 1. The van der Waals surface area contributed by atoms with Gasteiger partial charge in [0.15, 0.2) is 0 Å². The highest BCUT2D eigenvalue weighted by molar-refractivity contribution is 7.87. The van der Waals surface area contributed by atoms with Crippen LogP contribution in [0.15, 0.2) is 0 Å². The maximum Gasteiger partial charge on any atom is 0.431 e. The van der Waals surface area contributed by atoms with Gasteiger partial charge in [0.2, 0.25) is 0 Å². The van der Waals surface area contributed by atoms with E-state index in [2.05, 4.69) is 11.7 Å². The molecule has 0 aromatic rings. The van der Waals surface area contributed by atoms with Crippen molar-refractivity contribution in [3.05, 3.63) is 0 Å². The van der Waals surface area contributed by atoms with Crippen molar-refractivity contribution in [3.63, 3.8) is 0 Å². The van der Waals surface area contributed by atoms with Gasteiger partial charge in [-0.05, 0) is 60.7 Å². The van der Waals surface area contributed by atoms with Crippen molar-refractivity contribution in [2.75, 3.05) is 6.61 Å². The molecule has 0 aromatic carbocycles. The number of ketones is 3. The summed E-state index contributed by atoms with van der Waals surface area (Å²) >= 11 is 0. The van der Waals surface area contributed by atoms with E-state index in [0.717, 1.165) is 12.8 Å². The Kier molecular flexibility index (Phi) is 8.83. The molecule has 0 spiro atoms. The lowest BCUT2D eigenvalue weighted by Crippen LogP contribution is -2.62. The van der Waals surface area contributed by atoms with Crippen LogP contribution in [0.5, 0.6) is 0 Å². The van der Waals surface area contributed by atoms with E-state index in [1.807, 2.05) is 13.8 Å². The number of carbonyl (C=O) groups is 4. The van der Waals surface area contributed by atoms with Gasteiger partial charge in [0, 0.05) is 43.4 Å². The van der Waals surface area contributed by atoms with Crippen molar-refractivity contribution in [1.29, 1.82) is 0 Å². The second-order valence-corrected chi connectivity index (χ2v) is 14.9. The quantitative estimate of drug-likeness (QED) is 0.204. The van der Waals surface area contributed by atoms with Crippen molar-refractivity contribution in [1.82, 2.24) is 0 Å². The van der Waals surface area contributed by atoms with Crippen LogP contribution in [-0.2, 0) is 34.0 Å². The van der Waals surface area contributed by atoms with Crippen LogP contribution in [-0.4, -0.2) is 54.1 Å². The van der Waals surface area contributed by atoms with Crippen LogP contribution >= 0.6 is 0 Å². The lowest BCUT2D eigenvalue weighted by atomic mass is 9.40. The van der Waals surface area contributed by atoms with Gasteiger partial charge in [-0.3, -0.25) is 23.7 Å². The fraction of sp³-hybridized carbons (Fsp3) is 0.862. The van der Waals surface area contributed by atoms with Crippen LogP contribution in [0.25, 0.3) is 0 Å². The highest BCUT2D eigenvalue weighted by atomic mass is 32.2. The zero-order chi connectivity index (χ0) is 31.5. The zero-order valence-electron chi connectivity index (χ0n) is 24.2. The van der Waals surface area contributed by atoms with Crippen LogP contribution in [0.3, 0.4) is 0 Å². The van der Waals surface area contributed by atoms with E-state index in [9.17, 15) is 45.2 Å². The molecule has 8 nitrogen and oxygen atoms in total. The molecule has 1 N–H and O–H groups in total. The Morgan fingerprint density at radius 2 is 1.74 bits per heavy atom. The minimum atomic E-state index is -6.37. The first-order valence-electron chi connectivity index (χ1n) is 14.7. The van der Waals surface area contributed by atoms with Gasteiger partial charge in [0.1, 0.15) is 17.3 Å². The highest BCUT2D eigenvalue weighted by Gasteiger charge is 2.66. The van der Waals surface area contributed by atoms with Crippen molar-refractivity contribution < 1.29 is 54.4 Å². The predicted octanol–water partition coefficient (Wildman–Crippen LogP) is 5.43. The van der Waals surface area contributed by atoms with Gasteiger partial charge >= 0.3 is 27.3 Å². The molecule has 0 aliphatic heterocycles. The zero-order valence-corrected chi connectivity index (χ0v) is 25.0. The van der Waals surface area contributed by atoms with Crippen molar-refractivity contribution in [2.45, 2.75) is 103 Å². The van der Waals surface area contributed by atoms with Gasteiger partial charge in [-0.25, -0.2) is 0 Å². The van der Waals surface area contributed by atoms with Crippen molar-refractivity contribution in [2.24, 2.45) is 46.3 Å². The first-order chi connectivity index (χ1) is 19.3. The van der Waals surface area contributed by atoms with Gasteiger partial charge in [-0.1, -0.05) is 27.2 Å². The third-order valence-corrected chi connectivity index (χ3v) is 12.3. The van der Waals surface area contributed by atoms with Crippen LogP contribution in [0.2, 0.25) is 0 Å². The summed E-state index contributed by atoms with van der Waals surface area (Å²) in [5.41, 5.74) is -1.02. The fourth-order valence-electron chi connectivity index (χ4n) is 8.83. The summed E-state index contributed by atoms with van der Waals surface area (Å²) < 4.78 is 88.4. The molecule has 4 aliphatic rings. The van der Waals surface area contributed by atoms with E-state index in [1.165, 1.54) is 0 Å². The molecule has 0 amide bonds. The van der Waals surface area contributed by atoms with E-state index in [-0.39, 0.29) is 77.5 Å². The Labute approximate surface area is 243 Å². The maximum absolute atomic E-state index is 14.0. The van der Waals surface area contributed by atoms with Gasteiger partial charge in [-0.15, -0.1) is 0 Å². The Morgan fingerprint density at radius 3 is 2.38 bits per heavy atom. The van der Waals surface area contributed by atoms with Crippen molar-refractivity contribution in [3.8, 4) is 0 Å². The minimum Gasteiger partial charge on any atom is -0.465 e. The lowest BCUT2D eigenvalue weighted by molar-refractivity contribution is -0.177. The molecular weight excluding hydrogens is 584 g/mol. The second kappa shape index (κ2) is 11.2. The predicted molar refractivity (Wildman–Crippen MR) is 141 cm³/mol. The number of hydrogen-bond acceptors (Lipinski definition) is 7. The number of rotatable bonds is 9. The Bertz CT molecular complexity index is 1240. The summed E-state index contributed by atoms with van der Waals surface area (Å²) in [6.07, 6.45) is 2.63. The van der Waals surface area contributed by atoms with E-state index < -0.39 is 45.7 Å². The molecule has 0 bridgehead atoms. The first kappa shape index (κ1) is 33.0. The van der Waals surface area contributed by atoms with Crippen LogP contribution in [0.1, 0.15) is 91.4 Å². The number of ether oxygens (including phenoxy) is 1. The smallest absolute Gasteiger partial charge is 0.431 e. The monoisotopic (exact) mass is 624 g/mol. The minimum absolute atomic E-state index is 0.0341. The van der Waals surface area contributed by atoms with E-state index in [4.69, 9.17) is 4.55 Å². The molecular formula is C29H40F4O8S. The number of alkyl halides is 4. The van der Waals surface area contributed by atoms with Crippen LogP contribution in [0, 0.1) is 46.3 Å². The van der Waals surface area contributed by atoms with Gasteiger partial charge in [-0.2, -0.15) is 26.0 Å². The van der Waals surface area contributed by atoms with Gasteiger partial charge in [0.05, 0.1) is 13.0 Å². The molecule has 0 radical (unpaired) electrons. The third-order valence-electron chi connectivity index (χ3n) is 11.4. The Morgan fingerprint density at radius 1 is 1.07 bits per heavy atom. The van der Waals surface area contributed by atoms with Gasteiger partial charge in [0.25, 0.3) is 0 Å². The third kappa shape index (κ3) is 5.45. The first-order valence-corrected chi connectivity index (χ1v) is 16.2. The molecule has 8 unspecified atom stereocenters. The van der Waals surface area contributed by atoms with E-state index in [0.29, 0.717) is 32.1 Å². The molecule has 42 heavy (non-hydrogen) atoms. The average molecular weight is 625 g/mol. The Balaban J connectivity index is 1.40. The summed E-state index contributed by atoms with van der Waals surface area (Å²) in [7, 11) is -6.37. The number of halogens is 4. The van der Waals surface area contributed by atoms with Crippen LogP contribution in [0.4, 0.5) is 17.6 Å². The lowest BCUT2D eigenvalue weighted by Gasteiger charge is -2.62. The molecule has 4 rings (SSSR count). The van der Waals surface area contributed by atoms with Gasteiger partial charge < -0.3 is 4.74 Å². The summed E-state index contributed by atoms with van der Waals surface area (Å²) in [6.45, 7) is 4.78. The maximum atomic E-state index is 14.0. The topological polar surface area (TPSA) is 132 Å². The molecule has 4 fully saturated rings. The molecule has 0 saturated heterocycles. The largest absolute Gasteiger partial charge is 0.465 e. The number of fused-ring (bicyclic) bond motifs is 5. The molecule has 13 heteroatoms. The fourth-order valence-corrected chi connectivity index (χ4v) is 9.31. The normalized spacial score (nSPS) is 36.5. The summed E-state index contributed by atoms with van der Waals surface area (Å²) in [5.74, 6) is -6.54. The summed E-state index contributed by atoms with van der Waals surface area (Å²) in [5, 5.41) is -5.73. The molecule has 0 heterocycles. The Hall–Kier alpha value is -1.89. The van der Waals surface area contributed by atoms with Crippen LogP contribution < -0.4 is 0 Å². The molecule has 0 aromatic heterocycles. The summed E-state index contributed by atoms with van der Waals surface area (Å²) in [6, 6.07) is 0. The molecule has 238 valence electrons. The molecule has 4 saturated carbocycles. The van der Waals surface area contributed by atoms with Crippen molar-refractivity contribution >= 4 is 33.4 Å². The second-order valence-electron chi connectivity index (χ2n) is 13.5. The number of esters is 1. The summed E-state index contributed by atoms with van der Waals surface area (Å²) in [4.78, 5) is 52.0.